The Labute approximate surface area is 187 Å². The summed E-state index contributed by atoms with van der Waals surface area (Å²) in [5.74, 6) is 0.618. The number of carbonyl (C=O) groups is 1. The number of ether oxygens (including phenoxy) is 1. The maximum absolute atomic E-state index is 10.7. The molecule has 1 heterocycles. The summed E-state index contributed by atoms with van der Waals surface area (Å²) in [6, 6.07) is 28.5. The molecule has 0 fully saturated rings. The number of nitrogens with one attached hydrogen (secondary N) is 1. The summed E-state index contributed by atoms with van der Waals surface area (Å²) in [5, 5.41) is 8.76. The number of aromatic amines is 1. The van der Waals surface area contributed by atoms with Crippen LogP contribution in [0.25, 0.3) is 0 Å². The first-order valence-corrected chi connectivity index (χ1v) is 10.8. The van der Waals surface area contributed by atoms with Gasteiger partial charge >= 0.3 is 5.97 Å². The molecule has 5 nitrogen and oxygen atoms in total. The van der Waals surface area contributed by atoms with Crippen molar-refractivity contribution < 1.29 is 14.6 Å². The zero-order valence-corrected chi connectivity index (χ0v) is 17.8. The molecule has 32 heavy (non-hydrogen) atoms. The minimum atomic E-state index is -0.977. The highest BCUT2D eigenvalue weighted by atomic mass is 16.5. The third kappa shape index (κ3) is 5.64. The van der Waals surface area contributed by atoms with Crippen LogP contribution in [0.15, 0.2) is 91.1 Å². The van der Waals surface area contributed by atoms with Crippen LogP contribution in [-0.4, -0.2) is 27.7 Å². The van der Waals surface area contributed by atoms with Crippen LogP contribution in [0.1, 0.15) is 40.5 Å². The van der Waals surface area contributed by atoms with Crippen LogP contribution < -0.4 is 4.74 Å². The molecule has 0 spiro atoms. The Kier molecular flexibility index (Phi) is 6.98. The average molecular weight is 427 g/mol. The minimum Gasteiger partial charge on any atom is -0.482 e. The third-order valence-electron chi connectivity index (χ3n) is 5.36. The van der Waals surface area contributed by atoms with E-state index in [2.05, 4.69) is 53.5 Å². The number of carboxylic acid groups (broad SMARTS) is 1. The summed E-state index contributed by atoms with van der Waals surface area (Å²) in [7, 11) is 0. The second-order valence-corrected chi connectivity index (χ2v) is 7.73. The van der Waals surface area contributed by atoms with Gasteiger partial charge in [0.2, 0.25) is 0 Å². The summed E-state index contributed by atoms with van der Waals surface area (Å²) in [6.45, 7) is -0.329. The molecule has 0 saturated heterocycles. The van der Waals surface area contributed by atoms with Gasteiger partial charge < -0.3 is 14.8 Å². The second kappa shape index (κ2) is 10.4. The predicted molar refractivity (Wildman–Crippen MR) is 124 cm³/mol. The van der Waals surface area contributed by atoms with Gasteiger partial charge in [0.15, 0.2) is 6.61 Å². The minimum absolute atomic E-state index is 0.0641. The van der Waals surface area contributed by atoms with Crippen LogP contribution in [0.2, 0.25) is 0 Å². The van der Waals surface area contributed by atoms with Crippen molar-refractivity contribution in [1.82, 2.24) is 9.97 Å². The molecule has 1 aromatic heterocycles. The van der Waals surface area contributed by atoms with Crippen molar-refractivity contribution in [2.75, 3.05) is 6.61 Å². The number of aliphatic carboxylic acids is 1. The summed E-state index contributed by atoms with van der Waals surface area (Å²) < 4.78 is 5.27. The van der Waals surface area contributed by atoms with Crippen LogP contribution in [0.5, 0.6) is 5.75 Å². The number of carboxylic acids is 1. The number of imidazole rings is 1. The molecular formula is C27H26N2O3. The first-order chi connectivity index (χ1) is 15.7. The smallest absolute Gasteiger partial charge is 0.341 e. The number of nitrogens with zero attached hydrogens (tertiary/aromatic N) is 1. The average Bonchev–Trinajstić information content (AvgIpc) is 3.28. The van der Waals surface area contributed by atoms with Gasteiger partial charge in [0.25, 0.3) is 0 Å². The van der Waals surface area contributed by atoms with Crippen molar-refractivity contribution in [3.05, 3.63) is 119 Å². The molecule has 0 unspecified atom stereocenters. The van der Waals surface area contributed by atoms with Gasteiger partial charge in [-0.25, -0.2) is 9.78 Å². The molecular weight excluding hydrogens is 400 g/mol. The fourth-order valence-electron chi connectivity index (χ4n) is 3.87. The van der Waals surface area contributed by atoms with Gasteiger partial charge in [0.1, 0.15) is 11.6 Å². The third-order valence-corrected chi connectivity index (χ3v) is 5.36. The SMILES string of the molecule is O=C(O)COc1cccc(CCCc2cnc(C(c3ccccc3)c3ccccc3)[nH]2)c1. The highest BCUT2D eigenvalue weighted by Crippen LogP contribution is 2.30. The molecule has 162 valence electrons. The molecule has 0 aliphatic heterocycles. The highest BCUT2D eigenvalue weighted by molar-refractivity contribution is 5.68. The lowest BCUT2D eigenvalue weighted by Crippen LogP contribution is -2.09. The largest absolute Gasteiger partial charge is 0.482 e. The van der Waals surface area contributed by atoms with E-state index in [1.807, 2.05) is 36.5 Å². The van der Waals surface area contributed by atoms with Crippen LogP contribution in [0.3, 0.4) is 0 Å². The topological polar surface area (TPSA) is 75.2 Å². The lowest BCUT2D eigenvalue weighted by atomic mass is 9.91. The zero-order chi connectivity index (χ0) is 22.2. The van der Waals surface area contributed by atoms with Crippen molar-refractivity contribution in [3.8, 4) is 5.75 Å². The van der Waals surface area contributed by atoms with Crippen molar-refractivity contribution in [1.29, 1.82) is 0 Å². The van der Waals surface area contributed by atoms with Gasteiger partial charge in [0.05, 0.1) is 5.92 Å². The summed E-state index contributed by atoms with van der Waals surface area (Å²) in [5.41, 5.74) is 4.64. The van der Waals surface area contributed by atoms with E-state index >= 15 is 0 Å². The molecule has 0 saturated carbocycles. The number of aromatic nitrogens is 2. The van der Waals surface area contributed by atoms with Crippen molar-refractivity contribution >= 4 is 5.97 Å². The molecule has 0 atom stereocenters. The Morgan fingerprint density at radius 1 is 0.906 bits per heavy atom. The van der Waals surface area contributed by atoms with Crippen molar-refractivity contribution in [3.63, 3.8) is 0 Å². The molecule has 3 aromatic carbocycles. The Balaban J connectivity index is 1.42. The molecule has 0 aliphatic carbocycles. The van der Waals surface area contributed by atoms with E-state index in [4.69, 9.17) is 14.8 Å². The van der Waals surface area contributed by atoms with Crippen LogP contribution in [-0.2, 0) is 17.6 Å². The fourth-order valence-corrected chi connectivity index (χ4v) is 3.87. The highest BCUT2D eigenvalue weighted by Gasteiger charge is 2.19. The molecule has 0 bridgehead atoms. The molecule has 4 aromatic rings. The van der Waals surface area contributed by atoms with Gasteiger partial charge in [0, 0.05) is 11.9 Å². The maximum Gasteiger partial charge on any atom is 0.341 e. The summed E-state index contributed by atoms with van der Waals surface area (Å²) >= 11 is 0. The van der Waals surface area contributed by atoms with Gasteiger partial charge in [-0.15, -0.1) is 0 Å². The first-order valence-electron chi connectivity index (χ1n) is 10.8. The first kappa shape index (κ1) is 21.4. The van der Waals surface area contributed by atoms with Crippen LogP contribution in [0, 0.1) is 0 Å². The monoisotopic (exact) mass is 426 g/mol. The van der Waals surface area contributed by atoms with Crippen molar-refractivity contribution in [2.24, 2.45) is 0 Å². The van der Waals surface area contributed by atoms with Gasteiger partial charge in [-0.2, -0.15) is 0 Å². The Morgan fingerprint density at radius 3 is 2.25 bits per heavy atom. The standard InChI is InChI=1S/C27H26N2O3/c30-25(31)19-32-24-16-8-10-20(17-24)9-7-15-23-18-28-27(29-23)26(21-11-3-1-4-12-21)22-13-5-2-6-14-22/h1-6,8,10-14,16-18,26H,7,9,15,19H2,(H,28,29)(H,30,31). The number of hydrogen-bond acceptors (Lipinski definition) is 3. The van der Waals surface area contributed by atoms with Crippen molar-refractivity contribution in [2.45, 2.75) is 25.2 Å². The molecule has 0 aliphatic rings. The molecule has 4 rings (SSSR count). The lowest BCUT2D eigenvalue weighted by Gasteiger charge is -2.16. The van der Waals surface area contributed by atoms with E-state index in [0.29, 0.717) is 5.75 Å². The maximum atomic E-state index is 10.7. The Bertz CT molecular complexity index is 1100. The number of aryl methyl sites for hydroxylation is 2. The van der Waals surface area contributed by atoms with Gasteiger partial charge in [-0.1, -0.05) is 72.8 Å². The fraction of sp³-hybridized carbons (Fsp3) is 0.185. The number of rotatable bonds is 10. The zero-order valence-electron chi connectivity index (χ0n) is 17.8. The molecule has 2 N–H and O–H groups in total. The molecule has 0 amide bonds. The Hall–Kier alpha value is -3.86. The Morgan fingerprint density at radius 2 is 1.59 bits per heavy atom. The lowest BCUT2D eigenvalue weighted by molar-refractivity contribution is -0.139. The van der Waals surface area contributed by atoms with Crippen LogP contribution in [0.4, 0.5) is 0 Å². The van der Waals surface area contributed by atoms with Gasteiger partial charge in [-0.3, -0.25) is 0 Å². The molecule has 5 heteroatoms. The number of hydrogen-bond donors (Lipinski definition) is 2. The van der Waals surface area contributed by atoms with E-state index in [1.165, 1.54) is 11.1 Å². The van der Waals surface area contributed by atoms with E-state index < -0.39 is 5.97 Å². The van der Waals surface area contributed by atoms with E-state index in [-0.39, 0.29) is 12.5 Å². The quantitative estimate of drug-likeness (QED) is 0.364. The van der Waals surface area contributed by atoms with Crippen LogP contribution >= 0.6 is 0 Å². The van der Waals surface area contributed by atoms with Gasteiger partial charge in [-0.05, 0) is 48.1 Å². The van der Waals surface area contributed by atoms with E-state index in [0.717, 1.165) is 36.3 Å². The van der Waals surface area contributed by atoms with E-state index in [1.54, 1.807) is 6.07 Å². The summed E-state index contributed by atoms with van der Waals surface area (Å²) in [6.07, 6.45) is 4.63. The molecule has 0 radical (unpaired) electrons. The van der Waals surface area contributed by atoms with E-state index in [9.17, 15) is 4.79 Å². The summed E-state index contributed by atoms with van der Waals surface area (Å²) in [4.78, 5) is 18.9. The second-order valence-electron chi connectivity index (χ2n) is 7.73. The normalized spacial score (nSPS) is 10.9. The number of H-pyrrole nitrogens is 1. The number of benzene rings is 3. The predicted octanol–water partition coefficient (Wildman–Crippen LogP) is 5.23.